The van der Waals surface area contributed by atoms with E-state index in [0.717, 1.165) is 42.7 Å². The third-order valence-electron chi connectivity index (χ3n) is 5.55. The van der Waals surface area contributed by atoms with Crippen LogP contribution >= 0.6 is 11.3 Å². The molecule has 1 aliphatic carbocycles. The number of pyridine rings is 1. The van der Waals surface area contributed by atoms with Gasteiger partial charge in [0.15, 0.2) is 0 Å². The Hall–Kier alpha value is -1.92. The molecule has 4 rings (SSSR count). The number of likely N-dealkylation sites (tertiary alicyclic amines) is 1. The summed E-state index contributed by atoms with van der Waals surface area (Å²) in [6, 6.07) is 5.92. The zero-order valence-corrected chi connectivity index (χ0v) is 15.8. The number of hydrogen-bond acceptors (Lipinski definition) is 5. The molecule has 1 N–H and O–H groups in total. The number of thiophene rings is 1. The van der Waals surface area contributed by atoms with Crippen LogP contribution in [0.15, 0.2) is 23.6 Å². The Labute approximate surface area is 157 Å². The lowest BCUT2D eigenvalue weighted by molar-refractivity contribution is 0.0471. The van der Waals surface area contributed by atoms with Crippen LogP contribution in [0.5, 0.6) is 5.88 Å². The number of nitrogens with zero attached hydrogens (tertiary/aromatic N) is 2. The van der Waals surface area contributed by atoms with Crippen LogP contribution in [0.25, 0.3) is 0 Å². The van der Waals surface area contributed by atoms with Gasteiger partial charge in [-0.1, -0.05) is 6.07 Å². The lowest BCUT2D eigenvalue weighted by Gasteiger charge is -2.34. The fourth-order valence-corrected chi connectivity index (χ4v) is 4.85. The highest BCUT2D eigenvalue weighted by molar-refractivity contribution is 7.10. The Morgan fingerprint density at radius 2 is 2.19 bits per heavy atom. The second kappa shape index (κ2) is 7.37. The van der Waals surface area contributed by atoms with Crippen molar-refractivity contribution in [3.05, 3.63) is 45.3 Å². The Morgan fingerprint density at radius 1 is 1.38 bits per heavy atom. The van der Waals surface area contributed by atoms with E-state index in [9.17, 15) is 9.90 Å². The summed E-state index contributed by atoms with van der Waals surface area (Å²) in [6.07, 6.45) is 4.24. The van der Waals surface area contributed by atoms with E-state index in [2.05, 4.69) is 4.98 Å². The summed E-state index contributed by atoms with van der Waals surface area (Å²) in [4.78, 5) is 20.5. The lowest BCUT2D eigenvalue weighted by Crippen LogP contribution is -2.40. The molecule has 26 heavy (non-hydrogen) atoms. The van der Waals surface area contributed by atoms with Crippen molar-refractivity contribution in [3.63, 3.8) is 0 Å². The van der Waals surface area contributed by atoms with Crippen molar-refractivity contribution in [1.29, 1.82) is 0 Å². The maximum absolute atomic E-state index is 13.0. The van der Waals surface area contributed by atoms with Crippen LogP contribution in [-0.2, 0) is 12.8 Å². The number of carbonyl (C=O) groups is 1. The summed E-state index contributed by atoms with van der Waals surface area (Å²) in [5, 5.41) is 12.5. The SMILES string of the molecule is COc1nc2c(cc1C(=O)N1CCC([C@H](O)c3cccs3)CC1)CCC2. The molecule has 1 amide bonds. The number of fused-ring (bicyclic) bond motifs is 1. The van der Waals surface area contributed by atoms with Crippen molar-refractivity contribution in [2.75, 3.05) is 20.2 Å². The number of methoxy groups -OCH3 is 1. The van der Waals surface area contributed by atoms with Gasteiger partial charge in [-0.05, 0) is 61.1 Å². The van der Waals surface area contributed by atoms with Crippen LogP contribution in [0.4, 0.5) is 0 Å². The van der Waals surface area contributed by atoms with E-state index < -0.39 is 6.10 Å². The summed E-state index contributed by atoms with van der Waals surface area (Å²) in [5.41, 5.74) is 2.82. The molecule has 0 aromatic carbocycles. The summed E-state index contributed by atoms with van der Waals surface area (Å²) in [5.74, 6) is 0.641. The van der Waals surface area contributed by atoms with Gasteiger partial charge in [-0.15, -0.1) is 11.3 Å². The van der Waals surface area contributed by atoms with Gasteiger partial charge >= 0.3 is 0 Å². The molecule has 3 heterocycles. The molecule has 138 valence electrons. The van der Waals surface area contributed by atoms with E-state index in [1.807, 2.05) is 28.5 Å². The molecule has 5 nitrogen and oxygen atoms in total. The summed E-state index contributed by atoms with van der Waals surface area (Å²) in [6.45, 7) is 1.32. The van der Waals surface area contributed by atoms with Crippen molar-refractivity contribution in [3.8, 4) is 5.88 Å². The number of aliphatic hydroxyl groups is 1. The number of aliphatic hydroxyl groups excluding tert-OH is 1. The molecule has 2 aromatic rings. The van der Waals surface area contributed by atoms with Crippen molar-refractivity contribution >= 4 is 17.2 Å². The number of carbonyl (C=O) groups excluding carboxylic acids is 1. The van der Waals surface area contributed by atoms with E-state index in [-0.39, 0.29) is 11.8 Å². The molecule has 2 aliphatic rings. The van der Waals surface area contributed by atoms with Crippen LogP contribution in [0, 0.1) is 5.92 Å². The quantitative estimate of drug-likeness (QED) is 0.895. The van der Waals surface area contributed by atoms with Gasteiger partial charge in [-0.3, -0.25) is 4.79 Å². The minimum absolute atomic E-state index is 0.00638. The zero-order chi connectivity index (χ0) is 18.1. The van der Waals surface area contributed by atoms with E-state index in [1.165, 1.54) is 5.56 Å². The minimum atomic E-state index is -0.427. The fourth-order valence-electron chi connectivity index (χ4n) is 4.04. The van der Waals surface area contributed by atoms with Gasteiger partial charge < -0.3 is 14.7 Å². The van der Waals surface area contributed by atoms with Gasteiger partial charge in [0.1, 0.15) is 5.56 Å². The van der Waals surface area contributed by atoms with Crippen LogP contribution < -0.4 is 4.74 Å². The van der Waals surface area contributed by atoms with E-state index in [1.54, 1.807) is 18.4 Å². The van der Waals surface area contributed by atoms with Crippen molar-refractivity contribution in [1.82, 2.24) is 9.88 Å². The van der Waals surface area contributed by atoms with Gasteiger partial charge in [-0.2, -0.15) is 0 Å². The first-order chi connectivity index (χ1) is 12.7. The monoisotopic (exact) mass is 372 g/mol. The maximum atomic E-state index is 13.0. The number of ether oxygens (including phenoxy) is 1. The maximum Gasteiger partial charge on any atom is 0.259 e. The van der Waals surface area contributed by atoms with Gasteiger partial charge in [0.05, 0.1) is 13.2 Å². The molecule has 1 atom stereocenters. The highest BCUT2D eigenvalue weighted by Gasteiger charge is 2.31. The molecular formula is C20H24N2O3S. The third kappa shape index (κ3) is 3.23. The smallest absolute Gasteiger partial charge is 0.259 e. The molecule has 1 saturated heterocycles. The van der Waals surface area contributed by atoms with Gasteiger partial charge in [0.25, 0.3) is 5.91 Å². The van der Waals surface area contributed by atoms with E-state index >= 15 is 0 Å². The van der Waals surface area contributed by atoms with Crippen LogP contribution in [0.3, 0.4) is 0 Å². The van der Waals surface area contributed by atoms with Gasteiger partial charge in [0, 0.05) is 23.7 Å². The zero-order valence-electron chi connectivity index (χ0n) is 15.0. The third-order valence-corrected chi connectivity index (χ3v) is 6.49. The van der Waals surface area contributed by atoms with E-state index in [0.29, 0.717) is 24.5 Å². The lowest BCUT2D eigenvalue weighted by atomic mass is 9.90. The molecule has 0 radical (unpaired) electrons. The molecule has 1 fully saturated rings. The first kappa shape index (κ1) is 17.5. The Morgan fingerprint density at radius 3 is 2.88 bits per heavy atom. The van der Waals surface area contributed by atoms with Crippen molar-refractivity contribution in [2.24, 2.45) is 5.92 Å². The van der Waals surface area contributed by atoms with Gasteiger partial charge in [-0.25, -0.2) is 4.98 Å². The Bertz CT molecular complexity index is 783. The van der Waals surface area contributed by atoms with Crippen molar-refractivity contribution in [2.45, 2.75) is 38.2 Å². The number of amides is 1. The summed E-state index contributed by atoms with van der Waals surface area (Å²) >= 11 is 1.59. The normalized spacial score (nSPS) is 18.6. The largest absolute Gasteiger partial charge is 0.480 e. The first-order valence-corrected chi connectivity index (χ1v) is 10.1. The number of rotatable bonds is 4. The molecule has 0 spiro atoms. The number of hydrogen-bond donors (Lipinski definition) is 1. The molecule has 1 aliphatic heterocycles. The topological polar surface area (TPSA) is 62.7 Å². The van der Waals surface area contributed by atoms with Crippen molar-refractivity contribution < 1.29 is 14.6 Å². The Balaban J connectivity index is 1.46. The summed E-state index contributed by atoms with van der Waals surface area (Å²) in [7, 11) is 1.57. The number of aromatic nitrogens is 1. The fraction of sp³-hybridized carbons (Fsp3) is 0.500. The molecule has 0 bridgehead atoms. The van der Waals surface area contributed by atoms with Crippen LogP contribution in [0.2, 0.25) is 0 Å². The van der Waals surface area contributed by atoms with Crippen LogP contribution in [-0.4, -0.2) is 41.1 Å². The molecule has 2 aromatic heterocycles. The number of piperidine rings is 1. The highest BCUT2D eigenvalue weighted by atomic mass is 32.1. The molecule has 6 heteroatoms. The highest BCUT2D eigenvalue weighted by Crippen LogP contribution is 2.34. The van der Waals surface area contributed by atoms with Gasteiger partial charge in [0.2, 0.25) is 5.88 Å². The molecule has 0 unspecified atom stereocenters. The average molecular weight is 372 g/mol. The predicted octanol–water partition coefficient (Wildman–Crippen LogP) is 3.23. The Kier molecular flexibility index (Phi) is 4.96. The minimum Gasteiger partial charge on any atom is -0.480 e. The summed E-state index contributed by atoms with van der Waals surface area (Å²) < 4.78 is 5.39. The molecular weight excluding hydrogens is 348 g/mol. The van der Waals surface area contributed by atoms with Crippen LogP contribution in [0.1, 0.15) is 51.9 Å². The molecule has 0 saturated carbocycles. The standard InChI is InChI=1S/C20H24N2O3S/c1-25-19-15(12-14-4-2-5-16(14)21-19)20(24)22-9-7-13(8-10-22)18(23)17-6-3-11-26-17/h3,6,11-13,18,23H,2,4-5,7-10H2,1H3/t18-/m0/s1. The average Bonchev–Trinajstić information content (AvgIpc) is 3.37. The number of aryl methyl sites for hydroxylation is 2. The second-order valence-electron chi connectivity index (χ2n) is 7.09. The predicted molar refractivity (Wildman–Crippen MR) is 101 cm³/mol. The second-order valence-corrected chi connectivity index (χ2v) is 8.07. The first-order valence-electron chi connectivity index (χ1n) is 9.25. The van der Waals surface area contributed by atoms with E-state index in [4.69, 9.17) is 4.74 Å².